The van der Waals surface area contributed by atoms with E-state index in [-0.39, 0.29) is 11.3 Å². The van der Waals surface area contributed by atoms with Crippen molar-refractivity contribution < 1.29 is 9.53 Å². The molecule has 1 aliphatic heterocycles. The van der Waals surface area contributed by atoms with E-state index in [9.17, 15) is 4.79 Å². The van der Waals surface area contributed by atoms with Crippen molar-refractivity contribution in [2.45, 2.75) is 39.5 Å². The van der Waals surface area contributed by atoms with Crippen LogP contribution in [-0.4, -0.2) is 79.9 Å². The van der Waals surface area contributed by atoms with E-state index in [4.69, 9.17) is 4.74 Å². The minimum absolute atomic E-state index is 0.124. The van der Waals surface area contributed by atoms with Crippen molar-refractivity contribution in [3.8, 4) is 5.82 Å². The Morgan fingerprint density at radius 3 is 2.64 bits per heavy atom. The van der Waals surface area contributed by atoms with Gasteiger partial charge in [0.2, 0.25) is 5.95 Å². The van der Waals surface area contributed by atoms with Gasteiger partial charge in [-0.2, -0.15) is 14.8 Å². The molecule has 0 saturated carbocycles. The highest BCUT2D eigenvalue weighted by molar-refractivity contribution is 6.05. The molecular formula is C30H38N10O2. The van der Waals surface area contributed by atoms with Crippen LogP contribution in [0.15, 0.2) is 55.2 Å². The van der Waals surface area contributed by atoms with Gasteiger partial charge >= 0.3 is 0 Å². The lowest BCUT2D eigenvalue weighted by Gasteiger charge is -2.26. The number of anilines is 4. The summed E-state index contributed by atoms with van der Waals surface area (Å²) in [6.45, 7) is 13.6. The van der Waals surface area contributed by atoms with Gasteiger partial charge in [0.15, 0.2) is 5.82 Å². The van der Waals surface area contributed by atoms with Crippen molar-refractivity contribution in [1.82, 2.24) is 34.6 Å². The molecule has 1 aliphatic rings. The second kappa shape index (κ2) is 13.0. The van der Waals surface area contributed by atoms with Gasteiger partial charge in [-0.1, -0.05) is 26.8 Å². The van der Waals surface area contributed by atoms with Crippen LogP contribution >= 0.6 is 0 Å². The third-order valence-corrected chi connectivity index (χ3v) is 7.01. The average molecular weight is 571 g/mol. The molecule has 0 radical (unpaired) electrons. The molecule has 0 unspecified atom stereocenters. The van der Waals surface area contributed by atoms with Crippen LogP contribution in [-0.2, 0) is 10.2 Å². The molecule has 4 aromatic rings. The number of morpholine rings is 1. The van der Waals surface area contributed by atoms with Gasteiger partial charge in [-0.25, -0.2) is 9.97 Å². The number of hydrogen-bond donors (Lipinski definition) is 3. The normalized spacial score (nSPS) is 14.0. The van der Waals surface area contributed by atoms with E-state index in [1.54, 1.807) is 29.1 Å². The lowest BCUT2D eigenvalue weighted by atomic mass is 9.91. The number of hydrogen-bond acceptors (Lipinski definition) is 10. The number of nitrogens with one attached hydrogen (secondary N) is 3. The van der Waals surface area contributed by atoms with E-state index in [0.717, 1.165) is 62.8 Å². The Balaban J connectivity index is 1.25. The molecule has 12 nitrogen and oxygen atoms in total. The zero-order chi connectivity index (χ0) is 29.5. The fraction of sp³-hybridized carbons (Fsp3) is 0.400. The largest absolute Gasteiger partial charge is 0.379 e. The molecule has 4 heterocycles. The topological polar surface area (TPSA) is 135 Å². The molecule has 1 aromatic carbocycles. The molecule has 3 aromatic heterocycles. The number of benzene rings is 1. The fourth-order valence-electron chi connectivity index (χ4n) is 4.54. The molecule has 0 spiro atoms. The average Bonchev–Trinajstić information content (AvgIpc) is 3.45. The van der Waals surface area contributed by atoms with Crippen LogP contribution < -0.4 is 16.0 Å². The summed E-state index contributed by atoms with van der Waals surface area (Å²) in [7, 11) is 0. The fourth-order valence-corrected chi connectivity index (χ4v) is 4.54. The maximum atomic E-state index is 13.1. The second-order valence-corrected chi connectivity index (χ2v) is 11.3. The van der Waals surface area contributed by atoms with Crippen LogP contribution in [0.2, 0.25) is 0 Å². The summed E-state index contributed by atoms with van der Waals surface area (Å²) in [4.78, 5) is 33.1. The Labute approximate surface area is 246 Å². The van der Waals surface area contributed by atoms with Crippen LogP contribution in [0.1, 0.15) is 48.8 Å². The lowest BCUT2D eigenvalue weighted by Crippen LogP contribution is -2.37. The highest BCUT2D eigenvalue weighted by Gasteiger charge is 2.17. The Bertz CT molecular complexity index is 1510. The summed E-state index contributed by atoms with van der Waals surface area (Å²) in [6, 6.07) is 11.0. The quantitative estimate of drug-likeness (QED) is 0.238. The Morgan fingerprint density at radius 1 is 1.00 bits per heavy atom. The summed E-state index contributed by atoms with van der Waals surface area (Å²) in [5.74, 6) is 1.53. The van der Waals surface area contributed by atoms with E-state index in [2.05, 4.69) is 66.7 Å². The Hall–Kier alpha value is -4.42. The first-order chi connectivity index (χ1) is 20.3. The SMILES string of the molecule is Cc1ccc(C(=O)Nc2ccnc(C(C)(C)C)c2)cc1Nc1ncnn1-c1cc(NCCCN2CCOCC2)ncn1. The Kier molecular flexibility index (Phi) is 9.03. The van der Waals surface area contributed by atoms with Gasteiger partial charge in [0, 0.05) is 59.9 Å². The zero-order valence-electron chi connectivity index (χ0n) is 24.6. The minimum atomic E-state index is -0.217. The molecule has 220 valence electrons. The molecule has 1 amide bonds. The van der Waals surface area contributed by atoms with Crippen molar-refractivity contribution in [2.24, 2.45) is 0 Å². The molecular weight excluding hydrogens is 532 g/mol. The molecule has 12 heteroatoms. The number of carbonyl (C=O) groups is 1. The van der Waals surface area contributed by atoms with Gasteiger partial charge in [-0.15, -0.1) is 0 Å². The molecule has 0 aliphatic carbocycles. The third-order valence-electron chi connectivity index (χ3n) is 7.01. The van der Waals surface area contributed by atoms with Crippen molar-refractivity contribution in [3.63, 3.8) is 0 Å². The summed E-state index contributed by atoms with van der Waals surface area (Å²) in [5, 5.41) is 14.1. The maximum Gasteiger partial charge on any atom is 0.255 e. The van der Waals surface area contributed by atoms with Crippen LogP contribution in [0.25, 0.3) is 5.82 Å². The van der Waals surface area contributed by atoms with Gasteiger partial charge in [0.1, 0.15) is 18.5 Å². The number of carbonyl (C=O) groups excluding carboxylic acids is 1. The van der Waals surface area contributed by atoms with Crippen LogP contribution in [0, 0.1) is 6.92 Å². The first kappa shape index (κ1) is 29.1. The summed E-state index contributed by atoms with van der Waals surface area (Å²) >= 11 is 0. The first-order valence-corrected chi connectivity index (χ1v) is 14.2. The first-order valence-electron chi connectivity index (χ1n) is 14.2. The molecule has 1 fully saturated rings. The minimum Gasteiger partial charge on any atom is -0.379 e. The molecule has 42 heavy (non-hydrogen) atoms. The molecule has 3 N–H and O–H groups in total. The number of rotatable bonds is 10. The smallest absolute Gasteiger partial charge is 0.255 e. The van der Waals surface area contributed by atoms with E-state index < -0.39 is 0 Å². The highest BCUT2D eigenvalue weighted by atomic mass is 16.5. The summed E-state index contributed by atoms with van der Waals surface area (Å²) in [5.41, 5.74) is 3.67. The van der Waals surface area contributed by atoms with Gasteiger partial charge in [0.25, 0.3) is 5.91 Å². The van der Waals surface area contributed by atoms with Crippen molar-refractivity contribution >= 4 is 29.0 Å². The van der Waals surface area contributed by atoms with Gasteiger partial charge < -0.3 is 20.7 Å². The molecule has 0 bridgehead atoms. The van der Waals surface area contributed by atoms with Crippen molar-refractivity contribution in [3.05, 3.63) is 72.1 Å². The third kappa shape index (κ3) is 7.45. The number of nitrogens with zero attached hydrogens (tertiary/aromatic N) is 7. The predicted molar refractivity (Wildman–Crippen MR) is 163 cm³/mol. The van der Waals surface area contributed by atoms with Crippen LogP contribution in [0.5, 0.6) is 0 Å². The van der Waals surface area contributed by atoms with Crippen LogP contribution in [0.4, 0.5) is 23.1 Å². The van der Waals surface area contributed by atoms with Gasteiger partial charge in [0.05, 0.1) is 13.2 Å². The number of ether oxygens (including phenoxy) is 1. The van der Waals surface area contributed by atoms with E-state index in [1.807, 2.05) is 25.1 Å². The number of aromatic nitrogens is 6. The molecule has 0 atom stereocenters. The van der Waals surface area contributed by atoms with Gasteiger partial charge in [-0.05, 0) is 49.7 Å². The Morgan fingerprint density at radius 2 is 1.83 bits per heavy atom. The molecule has 1 saturated heterocycles. The summed E-state index contributed by atoms with van der Waals surface area (Å²) < 4.78 is 7.02. The number of aryl methyl sites for hydroxylation is 1. The monoisotopic (exact) mass is 570 g/mol. The standard InChI is InChI=1S/C30H38N10O2/c1-21-6-7-22(28(41)37-23-8-10-31-25(17-23)30(2,3)4)16-24(21)38-29-35-20-36-40(29)27-18-26(33-19-34-27)32-9-5-11-39-12-14-42-15-13-39/h6-8,10,16-20H,5,9,11-15H2,1-4H3,(H,31,37,41)(H,32,33,34)(H,35,36,38). The number of pyridine rings is 1. The van der Waals surface area contributed by atoms with Crippen molar-refractivity contribution in [1.29, 1.82) is 0 Å². The molecule has 5 rings (SSSR count). The van der Waals surface area contributed by atoms with E-state index in [1.165, 1.54) is 12.7 Å². The second-order valence-electron chi connectivity index (χ2n) is 11.3. The predicted octanol–water partition coefficient (Wildman–Crippen LogP) is 4.19. The zero-order valence-corrected chi connectivity index (χ0v) is 24.6. The summed E-state index contributed by atoms with van der Waals surface area (Å²) in [6.07, 6.45) is 5.68. The van der Waals surface area contributed by atoms with Gasteiger partial charge in [-0.3, -0.25) is 14.7 Å². The van der Waals surface area contributed by atoms with Crippen LogP contribution in [0.3, 0.4) is 0 Å². The highest BCUT2D eigenvalue weighted by Crippen LogP contribution is 2.25. The van der Waals surface area contributed by atoms with Crippen molar-refractivity contribution in [2.75, 3.05) is 55.3 Å². The maximum absolute atomic E-state index is 13.1. The van der Waals surface area contributed by atoms with E-state index in [0.29, 0.717) is 28.8 Å². The van der Waals surface area contributed by atoms with E-state index >= 15 is 0 Å². The number of amides is 1. The lowest BCUT2D eigenvalue weighted by molar-refractivity contribution is 0.0378.